The second-order valence-electron chi connectivity index (χ2n) is 7.04. The Labute approximate surface area is 178 Å². The number of hydrogen-bond acceptors (Lipinski definition) is 4. The molecule has 1 aliphatic rings. The number of hydrogen-bond donors (Lipinski definition) is 2. The van der Waals surface area contributed by atoms with E-state index >= 15 is 0 Å². The third-order valence-corrected chi connectivity index (χ3v) is 5.45. The van der Waals surface area contributed by atoms with Crippen molar-refractivity contribution in [1.29, 1.82) is 0 Å². The highest BCUT2D eigenvalue weighted by molar-refractivity contribution is 9.10. The highest BCUT2D eigenvalue weighted by Crippen LogP contribution is 2.15. The molecular weight excluding hydrogens is 439 g/mol. The number of rotatable bonds is 6. The minimum absolute atomic E-state index is 0.0577. The Bertz CT molecular complexity index is 854. The Hall–Kier alpha value is -2.29. The molecule has 0 aromatic heterocycles. The fourth-order valence-electron chi connectivity index (χ4n) is 3.22. The number of nitrogens with one attached hydrogen (secondary N) is 2. The molecule has 29 heavy (non-hydrogen) atoms. The van der Waals surface area contributed by atoms with Crippen molar-refractivity contribution in [2.45, 2.75) is 13.0 Å². The van der Waals surface area contributed by atoms with Crippen LogP contribution in [0.5, 0.6) is 0 Å². The maximum atomic E-state index is 13.3. The van der Waals surface area contributed by atoms with E-state index in [1.165, 1.54) is 12.1 Å². The van der Waals surface area contributed by atoms with E-state index in [4.69, 9.17) is 0 Å². The summed E-state index contributed by atoms with van der Waals surface area (Å²) < 4.78 is 14.2. The van der Waals surface area contributed by atoms with Gasteiger partial charge in [0, 0.05) is 42.0 Å². The molecule has 6 nitrogen and oxygen atoms in total. The SMILES string of the molecule is CC(C(=O)Nc1cccc(F)c1)N1CCN(CC(=O)Nc2ccc(Br)cc2)CC1. The molecule has 1 saturated heterocycles. The summed E-state index contributed by atoms with van der Waals surface area (Å²) in [5, 5.41) is 5.64. The van der Waals surface area contributed by atoms with Crippen molar-refractivity contribution in [2.24, 2.45) is 0 Å². The minimum atomic E-state index is -0.384. The van der Waals surface area contributed by atoms with Crippen LogP contribution in [0.4, 0.5) is 15.8 Å². The summed E-state index contributed by atoms with van der Waals surface area (Å²) in [5.74, 6) is -0.611. The van der Waals surface area contributed by atoms with Crippen molar-refractivity contribution in [3.63, 3.8) is 0 Å². The molecule has 1 atom stereocenters. The summed E-state index contributed by atoms with van der Waals surface area (Å²) >= 11 is 3.37. The maximum absolute atomic E-state index is 13.3. The van der Waals surface area contributed by atoms with E-state index in [0.717, 1.165) is 10.2 Å². The first-order valence-electron chi connectivity index (χ1n) is 9.49. The van der Waals surface area contributed by atoms with Crippen LogP contribution in [0, 0.1) is 5.82 Å². The number of piperazine rings is 1. The standard InChI is InChI=1S/C21H24BrFN4O2/c1-15(21(29)25-19-4-2-3-17(23)13-19)27-11-9-26(10-12-27)14-20(28)24-18-7-5-16(22)6-8-18/h2-8,13,15H,9-12,14H2,1H3,(H,24,28)(H,25,29). The highest BCUT2D eigenvalue weighted by Gasteiger charge is 2.26. The van der Waals surface area contributed by atoms with Crippen LogP contribution in [0.1, 0.15) is 6.92 Å². The quantitative estimate of drug-likeness (QED) is 0.691. The molecule has 0 spiro atoms. The summed E-state index contributed by atoms with van der Waals surface area (Å²) in [7, 11) is 0. The Kier molecular flexibility index (Phi) is 7.35. The lowest BCUT2D eigenvalue weighted by molar-refractivity contribution is -0.122. The molecular formula is C21H24BrFN4O2. The van der Waals surface area contributed by atoms with E-state index in [1.807, 2.05) is 31.2 Å². The van der Waals surface area contributed by atoms with Gasteiger partial charge in [0.25, 0.3) is 0 Å². The van der Waals surface area contributed by atoms with Crippen LogP contribution in [0.25, 0.3) is 0 Å². The lowest BCUT2D eigenvalue weighted by Gasteiger charge is -2.37. The van der Waals surface area contributed by atoms with Crippen molar-refractivity contribution < 1.29 is 14.0 Å². The molecule has 2 N–H and O–H groups in total. The van der Waals surface area contributed by atoms with Crippen molar-refractivity contribution in [3.8, 4) is 0 Å². The van der Waals surface area contributed by atoms with Crippen LogP contribution in [-0.2, 0) is 9.59 Å². The van der Waals surface area contributed by atoms with Gasteiger partial charge in [0.1, 0.15) is 5.82 Å². The van der Waals surface area contributed by atoms with E-state index in [2.05, 4.69) is 36.4 Å². The minimum Gasteiger partial charge on any atom is -0.325 e. The number of benzene rings is 2. The zero-order chi connectivity index (χ0) is 20.8. The van der Waals surface area contributed by atoms with Gasteiger partial charge in [-0.25, -0.2) is 4.39 Å². The van der Waals surface area contributed by atoms with E-state index < -0.39 is 0 Å². The zero-order valence-electron chi connectivity index (χ0n) is 16.2. The number of carbonyl (C=O) groups excluding carboxylic acids is 2. The Morgan fingerprint density at radius 2 is 1.72 bits per heavy atom. The van der Waals surface area contributed by atoms with Crippen molar-refractivity contribution in [3.05, 3.63) is 58.8 Å². The summed E-state index contributed by atoms with van der Waals surface area (Å²) in [6.45, 7) is 4.92. The third kappa shape index (κ3) is 6.35. The molecule has 1 aliphatic heterocycles. The molecule has 2 amide bonds. The predicted molar refractivity (Wildman–Crippen MR) is 115 cm³/mol. The molecule has 0 bridgehead atoms. The smallest absolute Gasteiger partial charge is 0.241 e. The molecule has 154 valence electrons. The largest absolute Gasteiger partial charge is 0.325 e. The summed E-state index contributed by atoms with van der Waals surface area (Å²) in [6.07, 6.45) is 0. The molecule has 1 fully saturated rings. The molecule has 2 aromatic carbocycles. The molecule has 0 saturated carbocycles. The van der Waals surface area contributed by atoms with Gasteiger partial charge in [-0.15, -0.1) is 0 Å². The third-order valence-electron chi connectivity index (χ3n) is 4.92. The maximum Gasteiger partial charge on any atom is 0.241 e. The molecule has 0 aliphatic carbocycles. The highest BCUT2D eigenvalue weighted by atomic mass is 79.9. The monoisotopic (exact) mass is 462 g/mol. The van der Waals surface area contributed by atoms with E-state index in [1.54, 1.807) is 12.1 Å². The molecule has 1 heterocycles. The molecule has 8 heteroatoms. The normalized spacial score (nSPS) is 16.2. The van der Waals surface area contributed by atoms with Crippen LogP contribution in [0.15, 0.2) is 53.0 Å². The number of halogens is 2. The van der Waals surface area contributed by atoms with Crippen LogP contribution in [0.2, 0.25) is 0 Å². The van der Waals surface area contributed by atoms with E-state index in [0.29, 0.717) is 38.4 Å². The Morgan fingerprint density at radius 3 is 2.38 bits per heavy atom. The zero-order valence-corrected chi connectivity index (χ0v) is 17.8. The van der Waals surface area contributed by atoms with Crippen molar-refractivity contribution in [2.75, 3.05) is 43.4 Å². The van der Waals surface area contributed by atoms with Gasteiger partial charge < -0.3 is 10.6 Å². The first-order valence-corrected chi connectivity index (χ1v) is 10.3. The Morgan fingerprint density at radius 1 is 1.03 bits per heavy atom. The van der Waals surface area contributed by atoms with Gasteiger partial charge in [0.2, 0.25) is 11.8 Å². The van der Waals surface area contributed by atoms with Gasteiger partial charge in [0.05, 0.1) is 12.6 Å². The Balaban J connectivity index is 1.43. The average Bonchev–Trinajstić information content (AvgIpc) is 2.70. The van der Waals surface area contributed by atoms with Crippen LogP contribution in [0.3, 0.4) is 0 Å². The number of nitrogens with zero attached hydrogens (tertiary/aromatic N) is 2. The van der Waals surface area contributed by atoms with E-state index in [-0.39, 0.29) is 23.7 Å². The summed E-state index contributed by atoms with van der Waals surface area (Å²) in [4.78, 5) is 28.8. The number of anilines is 2. The predicted octanol–water partition coefficient (Wildman–Crippen LogP) is 3.17. The second kappa shape index (κ2) is 9.96. The van der Waals surface area contributed by atoms with Crippen LogP contribution in [-0.4, -0.2) is 60.4 Å². The van der Waals surface area contributed by atoms with Gasteiger partial charge in [-0.05, 0) is 49.4 Å². The summed E-state index contributed by atoms with van der Waals surface area (Å²) in [5.41, 5.74) is 1.21. The molecule has 0 radical (unpaired) electrons. The molecule has 1 unspecified atom stereocenters. The fourth-order valence-corrected chi connectivity index (χ4v) is 3.49. The van der Waals surface area contributed by atoms with Crippen molar-refractivity contribution >= 4 is 39.1 Å². The number of amides is 2. The van der Waals surface area contributed by atoms with Crippen LogP contribution >= 0.6 is 15.9 Å². The molecule has 2 aromatic rings. The van der Waals surface area contributed by atoms with Gasteiger partial charge in [-0.1, -0.05) is 22.0 Å². The second-order valence-corrected chi connectivity index (χ2v) is 7.96. The lowest BCUT2D eigenvalue weighted by atomic mass is 10.2. The number of carbonyl (C=O) groups is 2. The molecule has 3 rings (SSSR count). The van der Waals surface area contributed by atoms with Crippen molar-refractivity contribution in [1.82, 2.24) is 9.80 Å². The first-order chi connectivity index (χ1) is 13.9. The fraction of sp³-hybridized carbons (Fsp3) is 0.333. The average molecular weight is 463 g/mol. The first kappa shape index (κ1) is 21.4. The van der Waals surface area contributed by atoms with Gasteiger partial charge >= 0.3 is 0 Å². The summed E-state index contributed by atoms with van der Waals surface area (Å²) in [6, 6.07) is 13.0. The van der Waals surface area contributed by atoms with Gasteiger partial charge in [0.15, 0.2) is 0 Å². The topological polar surface area (TPSA) is 64.7 Å². The van der Waals surface area contributed by atoms with Gasteiger partial charge in [-0.3, -0.25) is 19.4 Å². The van der Waals surface area contributed by atoms with E-state index in [9.17, 15) is 14.0 Å². The van der Waals surface area contributed by atoms with Crippen LogP contribution < -0.4 is 10.6 Å². The lowest BCUT2D eigenvalue weighted by Crippen LogP contribution is -2.53. The van der Waals surface area contributed by atoms with Gasteiger partial charge in [-0.2, -0.15) is 0 Å².